The fourth-order valence-electron chi connectivity index (χ4n) is 1.60. The molecular formula is C10H14N4O. The third-order valence-electron chi connectivity index (χ3n) is 2.38. The van der Waals surface area contributed by atoms with Crippen LogP contribution in [0.2, 0.25) is 0 Å². The van der Waals surface area contributed by atoms with Crippen molar-refractivity contribution in [3.05, 3.63) is 35.5 Å². The number of nitrogens with zero attached hydrogens (tertiary/aromatic N) is 3. The third kappa shape index (κ3) is 2.07. The van der Waals surface area contributed by atoms with Crippen LogP contribution in [0.1, 0.15) is 23.1 Å². The summed E-state index contributed by atoms with van der Waals surface area (Å²) in [6.45, 7) is 1.91. The Morgan fingerprint density at radius 1 is 1.60 bits per heavy atom. The highest BCUT2D eigenvalue weighted by Gasteiger charge is 2.13. The lowest BCUT2D eigenvalue weighted by Crippen LogP contribution is -2.13. The van der Waals surface area contributed by atoms with E-state index < -0.39 is 0 Å². The molecule has 0 aliphatic carbocycles. The summed E-state index contributed by atoms with van der Waals surface area (Å²) in [4.78, 5) is 0. The Morgan fingerprint density at radius 3 is 2.93 bits per heavy atom. The van der Waals surface area contributed by atoms with Crippen LogP contribution in [0.3, 0.4) is 0 Å². The van der Waals surface area contributed by atoms with Gasteiger partial charge in [-0.15, -0.1) is 5.10 Å². The van der Waals surface area contributed by atoms with Gasteiger partial charge in [-0.3, -0.25) is 4.68 Å². The van der Waals surface area contributed by atoms with E-state index in [0.29, 0.717) is 6.42 Å². The minimum atomic E-state index is -0.0829. The van der Waals surface area contributed by atoms with Gasteiger partial charge in [0, 0.05) is 31.3 Å². The lowest BCUT2D eigenvalue weighted by Gasteiger charge is -2.07. The van der Waals surface area contributed by atoms with Gasteiger partial charge in [-0.1, -0.05) is 5.21 Å². The molecule has 0 aromatic carbocycles. The highest BCUT2D eigenvalue weighted by molar-refractivity contribution is 5.21. The van der Waals surface area contributed by atoms with Gasteiger partial charge in [0.2, 0.25) is 0 Å². The summed E-state index contributed by atoms with van der Waals surface area (Å²) < 4.78 is 6.88. The van der Waals surface area contributed by atoms with E-state index in [4.69, 9.17) is 10.2 Å². The number of furan rings is 1. The molecule has 2 rings (SSSR count). The number of nitrogens with two attached hydrogens (primary N) is 1. The summed E-state index contributed by atoms with van der Waals surface area (Å²) in [6.07, 6.45) is 4.20. The molecule has 0 saturated carbocycles. The molecule has 2 aromatic rings. The van der Waals surface area contributed by atoms with E-state index in [0.717, 1.165) is 17.0 Å². The average Bonchev–Trinajstić information content (AvgIpc) is 2.75. The second-order valence-electron chi connectivity index (χ2n) is 3.63. The zero-order chi connectivity index (χ0) is 10.8. The molecule has 5 heteroatoms. The second kappa shape index (κ2) is 3.86. The molecular weight excluding hydrogens is 192 g/mol. The number of aryl methyl sites for hydroxylation is 2. The van der Waals surface area contributed by atoms with Gasteiger partial charge in [-0.05, 0) is 13.0 Å². The van der Waals surface area contributed by atoms with Gasteiger partial charge in [0.25, 0.3) is 0 Å². The Labute approximate surface area is 87.9 Å². The van der Waals surface area contributed by atoms with Crippen LogP contribution >= 0.6 is 0 Å². The van der Waals surface area contributed by atoms with E-state index in [1.807, 2.05) is 26.2 Å². The van der Waals surface area contributed by atoms with Gasteiger partial charge in [0.05, 0.1) is 12.0 Å². The van der Waals surface area contributed by atoms with Crippen molar-refractivity contribution < 1.29 is 4.42 Å². The molecule has 2 N–H and O–H groups in total. The Balaban J connectivity index is 2.10. The smallest absolute Gasteiger partial charge is 0.105 e. The van der Waals surface area contributed by atoms with Crippen LogP contribution in [-0.2, 0) is 13.5 Å². The zero-order valence-corrected chi connectivity index (χ0v) is 8.84. The minimum absolute atomic E-state index is 0.0829. The predicted octanol–water partition coefficient (Wildman–Crippen LogP) is 0.959. The van der Waals surface area contributed by atoms with Gasteiger partial charge in [-0.2, -0.15) is 0 Å². The first-order valence-corrected chi connectivity index (χ1v) is 4.81. The minimum Gasteiger partial charge on any atom is -0.469 e. The van der Waals surface area contributed by atoms with Crippen LogP contribution in [-0.4, -0.2) is 15.0 Å². The lowest BCUT2D eigenvalue weighted by molar-refractivity contribution is 0.523. The summed E-state index contributed by atoms with van der Waals surface area (Å²) in [7, 11) is 1.84. The molecule has 2 aromatic heterocycles. The molecule has 0 saturated heterocycles. The highest BCUT2D eigenvalue weighted by Crippen LogP contribution is 2.19. The quantitative estimate of drug-likeness (QED) is 0.812. The topological polar surface area (TPSA) is 69.9 Å². The first kappa shape index (κ1) is 9.92. The van der Waals surface area contributed by atoms with Crippen molar-refractivity contribution >= 4 is 0 Å². The Hall–Kier alpha value is -1.62. The summed E-state index contributed by atoms with van der Waals surface area (Å²) >= 11 is 0. The molecule has 0 bridgehead atoms. The van der Waals surface area contributed by atoms with E-state index in [-0.39, 0.29) is 6.04 Å². The van der Waals surface area contributed by atoms with E-state index >= 15 is 0 Å². The first-order valence-electron chi connectivity index (χ1n) is 4.81. The molecule has 0 aliphatic rings. The average molecular weight is 206 g/mol. The maximum atomic E-state index is 6.04. The van der Waals surface area contributed by atoms with E-state index in [9.17, 15) is 0 Å². The fraction of sp³-hybridized carbons (Fsp3) is 0.400. The molecule has 0 fully saturated rings. The van der Waals surface area contributed by atoms with Crippen LogP contribution in [0.5, 0.6) is 0 Å². The standard InChI is InChI=1S/C10H14N4O/c1-7-9(3-4-15-7)10(11)5-8-6-14(2)13-12-8/h3-4,6,10H,5,11H2,1-2H3. The van der Waals surface area contributed by atoms with E-state index in [1.54, 1.807) is 10.9 Å². The highest BCUT2D eigenvalue weighted by atomic mass is 16.3. The maximum Gasteiger partial charge on any atom is 0.105 e. The zero-order valence-electron chi connectivity index (χ0n) is 8.84. The van der Waals surface area contributed by atoms with Crippen LogP contribution < -0.4 is 5.73 Å². The van der Waals surface area contributed by atoms with Crippen LogP contribution in [0, 0.1) is 6.92 Å². The summed E-state index contributed by atoms with van der Waals surface area (Å²) in [5.74, 6) is 0.867. The van der Waals surface area contributed by atoms with Crippen molar-refractivity contribution in [1.29, 1.82) is 0 Å². The lowest BCUT2D eigenvalue weighted by atomic mass is 10.0. The Kier molecular flexibility index (Phi) is 2.55. The Morgan fingerprint density at radius 2 is 2.40 bits per heavy atom. The van der Waals surface area contributed by atoms with Crippen molar-refractivity contribution in [1.82, 2.24) is 15.0 Å². The van der Waals surface area contributed by atoms with Crippen molar-refractivity contribution in [2.75, 3.05) is 0 Å². The van der Waals surface area contributed by atoms with E-state index in [2.05, 4.69) is 10.3 Å². The van der Waals surface area contributed by atoms with Crippen molar-refractivity contribution in [2.45, 2.75) is 19.4 Å². The fourth-order valence-corrected chi connectivity index (χ4v) is 1.60. The third-order valence-corrected chi connectivity index (χ3v) is 2.38. The number of hydrogen-bond acceptors (Lipinski definition) is 4. The predicted molar refractivity (Wildman–Crippen MR) is 55.1 cm³/mol. The SMILES string of the molecule is Cc1occc1C(N)Cc1cn(C)nn1. The number of rotatable bonds is 3. The molecule has 1 atom stereocenters. The van der Waals surface area contributed by atoms with Crippen LogP contribution in [0.25, 0.3) is 0 Å². The monoisotopic (exact) mass is 206 g/mol. The molecule has 0 spiro atoms. The van der Waals surface area contributed by atoms with Gasteiger partial charge in [0.1, 0.15) is 5.76 Å². The first-order chi connectivity index (χ1) is 7.16. The van der Waals surface area contributed by atoms with Gasteiger partial charge in [0.15, 0.2) is 0 Å². The summed E-state index contributed by atoms with van der Waals surface area (Å²) in [5.41, 5.74) is 7.97. The van der Waals surface area contributed by atoms with Crippen molar-refractivity contribution in [3.63, 3.8) is 0 Å². The normalized spacial score (nSPS) is 13.0. The van der Waals surface area contributed by atoms with Gasteiger partial charge < -0.3 is 10.2 Å². The second-order valence-corrected chi connectivity index (χ2v) is 3.63. The van der Waals surface area contributed by atoms with Gasteiger partial charge in [-0.25, -0.2) is 0 Å². The van der Waals surface area contributed by atoms with Crippen molar-refractivity contribution in [3.8, 4) is 0 Å². The Bertz CT molecular complexity index is 446. The molecule has 5 nitrogen and oxygen atoms in total. The van der Waals surface area contributed by atoms with Gasteiger partial charge >= 0.3 is 0 Å². The van der Waals surface area contributed by atoms with E-state index in [1.165, 1.54) is 0 Å². The molecule has 1 unspecified atom stereocenters. The van der Waals surface area contributed by atoms with Crippen molar-refractivity contribution in [2.24, 2.45) is 12.8 Å². The molecule has 0 radical (unpaired) electrons. The molecule has 0 amide bonds. The number of hydrogen-bond donors (Lipinski definition) is 1. The molecule has 15 heavy (non-hydrogen) atoms. The van der Waals surface area contributed by atoms with Crippen LogP contribution in [0.15, 0.2) is 22.9 Å². The van der Waals surface area contributed by atoms with Crippen LogP contribution in [0.4, 0.5) is 0 Å². The molecule has 2 heterocycles. The number of aromatic nitrogens is 3. The molecule has 80 valence electrons. The maximum absolute atomic E-state index is 6.04. The molecule has 0 aliphatic heterocycles. The largest absolute Gasteiger partial charge is 0.469 e. The summed E-state index contributed by atoms with van der Waals surface area (Å²) in [5, 5.41) is 7.86. The summed E-state index contributed by atoms with van der Waals surface area (Å²) in [6, 6.07) is 1.82.